The van der Waals surface area contributed by atoms with E-state index in [1.165, 1.54) is 6.92 Å². The highest BCUT2D eigenvalue weighted by atomic mass is 35.5. The average Bonchev–Trinajstić information content (AvgIpc) is 2.52. The van der Waals surface area contributed by atoms with Crippen molar-refractivity contribution in [2.24, 2.45) is 0 Å². The number of hydrogen-bond acceptors (Lipinski definition) is 3. The summed E-state index contributed by atoms with van der Waals surface area (Å²) in [5.74, 6) is -0.0103. The number of anilines is 2. The summed E-state index contributed by atoms with van der Waals surface area (Å²) in [7, 11) is 0. The molecule has 5 nitrogen and oxygen atoms in total. The molecule has 0 heterocycles. The van der Waals surface area contributed by atoms with E-state index in [-0.39, 0.29) is 11.8 Å². The molecule has 126 valence electrons. The van der Waals surface area contributed by atoms with E-state index in [0.717, 1.165) is 0 Å². The van der Waals surface area contributed by atoms with Crippen LogP contribution in [0.25, 0.3) is 0 Å². The lowest BCUT2D eigenvalue weighted by Gasteiger charge is -2.16. The van der Waals surface area contributed by atoms with Gasteiger partial charge in [-0.05, 0) is 49.4 Å². The van der Waals surface area contributed by atoms with Gasteiger partial charge in [0.05, 0.1) is 10.7 Å². The molecule has 0 aliphatic carbocycles. The normalized spacial score (nSPS) is 11.5. The van der Waals surface area contributed by atoms with Gasteiger partial charge in [-0.3, -0.25) is 9.59 Å². The molecule has 0 aliphatic rings. The van der Waals surface area contributed by atoms with E-state index in [9.17, 15) is 9.59 Å². The molecule has 0 aliphatic heterocycles. The fourth-order valence-electron chi connectivity index (χ4n) is 1.91. The SMILES string of the molecule is CC(=O)Nc1ccc(O[C@@H](C)C(=O)Nc2cc(Cl)ccc2Cl)cc1. The Morgan fingerprint density at radius 3 is 2.33 bits per heavy atom. The van der Waals surface area contributed by atoms with Gasteiger partial charge < -0.3 is 15.4 Å². The van der Waals surface area contributed by atoms with Crippen LogP contribution < -0.4 is 15.4 Å². The van der Waals surface area contributed by atoms with Gasteiger partial charge in [-0.1, -0.05) is 23.2 Å². The molecule has 2 N–H and O–H groups in total. The first-order valence-electron chi connectivity index (χ1n) is 7.15. The van der Waals surface area contributed by atoms with Gasteiger partial charge in [-0.2, -0.15) is 0 Å². The van der Waals surface area contributed by atoms with Crippen molar-refractivity contribution in [3.05, 3.63) is 52.5 Å². The van der Waals surface area contributed by atoms with E-state index >= 15 is 0 Å². The van der Waals surface area contributed by atoms with E-state index in [1.54, 1.807) is 49.4 Å². The molecule has 2 aromatic rings. The summed E-state index contributed by atoms with van der Waals surface area (Å²) in [5.41, 5.74) is 1.07. The molecular formula is C17H16Cl2N2O3. The maximum Gasteiger partial charge on any atom is 0.265 e. The van der Waals surface area contributed by atoms with Crippen molar-refractivity contribution in [2.45, 2.75) is 20.0 Å². The number of halogens is 2. The zero-order valence-corrected chi connectivity index (χ0v) is 14.6. The average molecular weight is 367 g/mol. The zero-order valence-electron chi connectivity index (χ0n) is 13.1. The molecule has 2 amide bonds. The monoisotopic (exact) mass is 366 g/mol. The summed E-state index contributed by atoms with van der Waals surface area (Å²) < 4.78 is 5.58. The number of ether oxygens (including phenoxy) is 1. The second-order valence-corrected chi connectivity index (χ2v) is 5.92. The zero-order chi connectivity index (χ0) is 17.7. The smallest absolute Gasteiger partial charge is 0.265 e. The third kappa shape index (κ3) is 5.15. The number of benzene rings is 2. The maximum atomic E-state index is 12.2. The van der Waals surface area contributed by atoms with Crippen LogP contribution in [0.15, 0.2) is 42.5 Å². The summed E-state index contributed by atoms with van der Waals surface area (Å²) in [5, 5.41) is 6.18. The first-order chi connectivity index (χ1) is 11.3. The molecule has 0 aromatic heterocycles. The number of rotatable bonds is 5. The summed E-state index contributed by atoms with van der Waals surface area (Å²) >= 11 is 11.9. The highest BCUT2D eigenvalue weighted by Crippen LogP contribution is 2.26. The van der Waals surface area contributed by atoms with E-state index in [4.69, 9.17) is 27.9 Å². The van der Waals surface area contributed by atoms with Gasteiger partial charge in [0.25, 0.3) is 5.91 Å². The van der Waals surface area contributed by atoms with E-state index in [0.29, 0.717) is 27.2 Å². The third-order valence-electron chi connectivity index (χ3n) is 3.04. The second-order valence-electron chi connectivity index (χ2n) is 5.08. The molecular weight excluding hydrogens is 351 g/mol. The van der Waals surface area contributed by atoms with Gasteiger partial charge in [-0.25, -0.2) is 0 Å². The molecule has 2 rings (SSSR count). The summed E-state index contributed by atoms with van der Waals surface area (Å²) in [4.78, 5) is 23.2. The minimum Gasteiger partial charge on any atom is -0.481 e. The maximum absolute atomic E-state index is 12.2. The Balaban J connectivity index is 1.98. The summed E-state index contributed by atoms with van der Waals surface area (Å²) in [6.45, 7) is 3.05. The number of nitrogens with one attached hydrogen (secondary N) is 2. The fraction of sp³-hybridized carbons (Fsp3) is 0.176. The van der Waals surface area contributed by atoms with Crippen LogP contribution in [0.3, 0.4) is 0 Å². The van der Waals surface area contributed by atoms with Gasteiger partial charge in [0.2, 0.25) is 5.91 Å². The van der Waals surface area contributed by atoms with E-state index < -0.39 is 6.10 Å². The van der Waals surface area contributed by atoms with Crippen LogP contribution in [-0.2, 0) is 9.59 Å². The Hall–Kier alpha value is -2.24. The second kappa shape index (κ2) is 8.04. The van der Waals surface area contributed by atoms with Crippen LogP contribution in [0.5, 0.6) is 5.75 Å². The van der Waals surface area contributed by atoms with Crippen LogP contribution in [0.1, 0.15) is 13.8 Å². The molecule has 0 bridgehead atoms. The minimum absolute atomic E-state index is 0.158. The fourth-order valence-corrected chi connectivity index (χ4v) is 2.24. The molecule has 0 saturated carbocycles. The van der Waals surface area contributed by atoms with Crippen molar-refractivity contribution in [3.8, 4) is 5.75 Å². The first-order valence-corrected chi connectivity index (χ1v) is 7.91. The Morgan fingerprint density at radius 1 is 1.04 bits per heavy atom. The van der Waals surface area contributed by atoms with Crippen molar-refractivity contribution < 1.29 is 14.3 Å². The van der Waals surface area contributed by atoms with Gasteiger partial charge in [0.15, 0.2) is 6.10 Å². The lowest BCUT2D eigenvalue weighted by Crippen LogP contribution is -2.30. The van der Waals surface area contributed by atoms with Crippen molar-refractivity contribution in [3.63, 3.8) is 0 Å². The Bertz CT molecular complexity index is 748. The Kier molecular flexibility index (Phi) is 6.06. The van der Waals surface area contributed by atoms with Gasteiger partial charge >= 0.3 is 0 Å². The van der Waals surface area contributed by atoms with Crippen LogP contribution in [0.4, 0.5) is 11.4 Å². The third-order valence-corrected chi connectivity index (χ3v) is 3.61. The molecule has 0 spiro atoms. The van der Waals surface area contributed by atoms with Gasteiger partial charge in [-0.15, -0.1) is 0 Å². The van der Waals surface area contributed by atoms with Crippen LogP contribution >= 0.6 is 23.2 Å². The molecule has 1 atom stereocenters. The van der Waals surface area contributed by atoms with E-state index in [1.807, 2.05) is 0 Å². The molecule has 0 fully saturated rings. The van der Waals surface area contributed by atoms with Gasteiger partial charge in [0.1, 0.15) is 5.75 Å². The van der Waals surface area contributed by atoms with Crippen molar-refractivity contribution in [1.29, 1.82) is 0 Å². The lowest BCUT2D eigenvalue weighted by atomic mass is 10.2. The van der Waals surface area contributed by atoms with Crippen molar-refractivity contribution in [2.75, 3.05) is 10.6 Å². The molecule has 0 saturated heterocycles. The number of carbonyl (C=O) groups excluding carboxylic acids is 2. The summed E-state index contributed by atoms with van der Waals surface area (Å²) in [6.07, 6.45) is -0.744. The van der Waals surface area contributed by atoms with Crippen LogP contribution in [0, 0.1) is 0 Å². The van der Waals surface area contributed by atoms with Crippen molar-refractivity contribution in [1.82, 2.24) is 0 Å². The standard InChI is InChI=1S/C17H16Cl2N2O3/c1-10(17(23)21-16-9-12(18)3-8-15(16)19)24-14-6-4-13(5-7-14)20-11(2)22/h3-10H,1-2H3,(H,20,22)(H,21,23)/t10-/m0/s1. The predicted molar refractivity (Wildman–Crippen MR) is 95.9 cm³/mol. The molecule has 0 radical (unpaired) electrons. The van der Waals surface area contributed by atoms with E-state index in [2.05, 4.69) is 10.6 Å². The number of carbonyl (C=O) groups is 2. The molecule has 7 heteroatoms. The summed E-state index contributed by atoms with van der Waals surface area (Å²) in [6, 6.07) is 11.5. The largest absolute Gasteiger partial charge is 0.481 e. The van der Waals surface area contributed by atoms with Crippen molar-refractivity contribution >= 4 is 46.4 Å². The first kappa shape index (κ1) is 18.1. The number of amides is 2. The highest BCUT2D eigenvalue weighted by molar-refractivity contribution is 6.35. The quantitative estimate of drug-likeness (QED) is 0.825. The van der Waals surface area contributed by atoms with Gasteiger partial charge in [0, 0.05) is 17.6 Å². The lowest BCUT2D eigenvalue weighted by molar-refractivity contribution is -0.122. The minimum atomic E-state index is -0.744. The number of hydrogen-bond donors (Lipinski definition) is 2. The topological polar surface area (TPSA) is 67.4 Å². The molecule has 2 aromatic carbocycles. The molecule has 24 heavy (non-hydrogen) atoms. The van der Waals surface area contributed by atoms with Crippen LogP contribution in [0.2, 0.25) is 10.0 Å². The molecule has 0 unspecified atom stereocenters. The Morgan fingerprint density at radius 2 is 1.71 bits per heavy atom. The Labute approximate surface area is 149 Å². The van der Waals surface area contributed by atoms with Crippen LogP contribution in [-0.4, -0.2) is 17.9 Å². The predicted octanol–water partition coefficient (Wildman–Crippen LogP) is 4.36. The highest BCUT2D eigenvalue weighted by Gasteiger charge is 2.16.